The fourth-order valence-corrected chi connectivity index (χ4v) is 1.51. The van der Waals surface area contributed by atoms with Gasteiger partial charge in [0.1, 0.15) is 0 Å². The Labute approximate surface area is 62.4 Å². The molecule has 0 spiro atoms. The Morgan fingerprint density at radius 2 is 2.10 bits per heavy atom. The summed E-state index contributed by atoms with van der Waals surface area (Å²) in [5.41, 5.74) is 0.881. The van der Waals surface area contributed by atoms with Crippen molar-refractivity contribution in [2.45, 2.75) is 32.6 Å². The first kappa shape index (κ1) is 7.34. The smallest absolute Gasteiger partial charge is 0.0940 e. The molecule has 0 N–H and O–H groups in total. The minimum Gasteiger partial charge on any atom is -0.193 e. The van der Waals surface area contributed by atoms with Crippen LogP contribution in [0.4, 0.5) is 0 Å². The lowest BCUT2D eigenvalue weighted by atomic mass is 10.1. The van der Waals surface area contributed by atoms with Gasteiger partial charge in [-0.05, 0) is 25.7 Å². The van der Waals surface area contributed by atoms with Crippen molar-refractivity contribution in [3.05, 3.63) is 11.6 Å². The van der Waals surface area contributed by atoms with E-state index in [4.69, 9.17) is 5.26 Å². The summed E-state index contributed by atoms with van der Waals surface area (Å²) in [7, 11) is 0. The Morgan fingerprint density at radius 3 is 2.60 bits per heavy atom. The molecule has 0 saturated heterocycles. The lowest BCUT2D eigenvalue weighted by molar-refractivity contribution is 0.682. The molecular weight excluding hydrogens is 122 g/mol. The van der Waals surface area contributed by atoms with Crippen LogP contribution in [0.2, 0.25) is 0 Å². The summed E-state index contributed by atoms with van der Waals surface area (Å²) < 4.78 is 0. The Balaban J connectivity index is 2.44. The van der Waals surface area contributed by atoms with Crippen LogP contribution in [0.5, 0.6) is 0 Å². The van der Waals surface area contributed by atoms with Crippen LogP contribution in [0, 0.1) is 17.2 Å². The van der Waals surface area contributed by atoms with Gasteiger partial charge < -0.3 is 0 Å². The van der Waals surface area contributed by atoms with Gasteiger partial charge in [-0.25, -0.2) is 0 Å². The maximum absolute atomic E-state index is 8.48. The normalized spacial score (nSPS) is 21.0. The molecule has 0 aromatic heterocycles. The van der Waals surface area contributed by atoms with E-state index in [0.29, 0.717) is 5.92 Å². The molecule has 1 heteroatoms. The zero-order chi connectivity index (χ0) is 7.40. The van der Waals surface area contributed by atoms with Crippen molar-refractivity contribution < 1.29 is 0 Å². The van der Waals surface area contributed by atoms with Gasteiger partial charge >= 0.3 is 0 Å². The zero-order valence-corrected chi connectivity index (χ0v) is 6.43. The third kappa shape index (κ3) is 1.88. The van der Waals surface area contributed by atoms with Crippen LogP contribution >= 0.6 is 0 Å². The predicted octanol–water partition coefficient (Wildman–Crippen LogP) is 2.65. The first-order valence-electron chi connectivity index (χ1n) is 3.91. The van der Waals surface area contributed by atoms with Crippen molar-refractivity contribution in [1.82, 2.24) is 0 Å². The molecule has 1 saturated carbocycles. The second-order valence-corrected chi connectivity index (χ2v) is 3.01. The molecule has 0 bridgehead atoms. The van der Waals surface area contributed by atoms with Gasteiger partial charge in [0, 0.05) is 5.57 Å². The molecule has 0 aromatic rings. The summed E-state index contributed by atoms with van der Waals surface area (Å²) in [4.78, 5) is 0. The van der Waals surface area contributed by atoms with E-state index in [9.17, 15) is 0 Å². The van der Waals surface area contributed by atoms with Gasteiger partial charge in [-0.15, -0.1) is 0 Å². The van der Waals surface area contributed by atoms with Crippen LogP contribution in [-0.2, 0) is 0 Å². The van der Waals surface area contributed by atoms with Gasteiger partial charge in [0.05, 0.1) is 6.07 Å². The van der Waals surface area contributed by atoms with E-state index in [2.05, 4.69) is 12.1 Å². The maximum Gasteiger partial charge on any atom is 0.0940 e. The van der Waals surface area contributed by atoms with Crippen molar-refractivity contribution in [3.63, 3.8) is 0 Å². The molecule has 1 nitrogen and oxygen atoms in total. The number of rotatable bonds is 1. The zero-order valence-electron chi connectivity index (χ0n) is 6.43. The third-order valence-electron chi connectivity index (χ3n) is 2.06. The van der Waals surface area contributed by atoms with Crippen molar-refractivity contribution >= 4 is 0 Å². The summed E-state index contributed by atoms with van der Waals surface area (Å²) in [6, 6.07) is 2.15. The van der Waals surface area contributed by atoms with Gasteiger partial charge in [-0.1, -0.05) is 18.9 Å². The van der Waals surface area contributed by atoms with Gasteiger partial charge in [0.15, 0.2) is 0 Å². The van der Waals surface area contributed by atoms with E-state index < -0.39 is 0 Å². The van der Waals surface area contributed by atoms with E-state index in [1.54, 1.807) is 0 Å². The van der Waals surface area contributed by atoms with E-state index in [0.717, 1.165) is 5.57 Å². The van der Waals surface area contributed by atoms with Gasteiger partial charge in [0.2, 0.25) is 0 Å². The molecule has 0 atom stereocenters. The number of hydrogen-bond acceptors (Lipinski definition) is 1. The molecule has 1 aliphatic rings. The average molecular weight is 135 g/mol. The summed E-state index contributed by atoms with van der Waals surface area (Å²) in [5, 5.41) is 8.48. The van der Waals surface area contributed by atoms with E-state index in [1.165, 1.54) is 25.7 Å². The monoisotopic (exact) mass is 135 g/mol. The Morgan fingerprint density at radius 1 is 1.50 bits per heavy atom. The second kappa shape index (κ2) is 3.41. The summed E-state index contributed by atoms with van der Waals surface area (Å²) in [5.74, 6) is 0.708. The number of hydrogen-bond donors (Lipinski definition) is 0. The molecule has 0 amide bonds. The standard InChI is InChI=1S/C9H13N/c1-8(7-10)6-9-4-2-3-5-9/h6,9H,2-5H2,1H3/b8-6+. The lowest BCUT2D eigenvalue weighted by Crippen LogP contribution is -1.86. The molecule has 10 heavy (non-hydrogen) atoms. The Hall–Kier alpha value is -0.770. The molecule has 0 aliphatic heterocycles. The van der Waals surface area contributed by atoms with Crippen LogP contribution in [0.25, 0.3) is 0 Å². The van der Waals surface area contributed by atoms with Crippen molar-refractivity contribution in [2.75, 3.05) is 0 Å². The topological polar surface area (TPSA) is 23.8 Å². The van der Waals surface area contributed by atoms with Crippen LogP contribution < -0.4 is 0 Å². The SMILES string of the molecule is C/C(C#N)=C\C1CCCC1. The summed E-state index contributed by atoms with van der Waals surface area (Å²) >= 11 is 0. The molecule has 1 aliphatic carbocycles. The van der Waals surface area contributed by atoms with Crippen LogP contribution in [0.3, 0.4) is 0 Å². The maximum atomic E-state index is 8.48. The minimum absolute atomic E-state index is 0.708. The highest BCUT2D eigenvalue weighted by Crippen LogP contribution is 2.26. The number of nitriles is 1. The van der Waals surface area contributed by atoms with Gasteiger partial charge in [-0.2, -0.15) is 5.26 Å². The highest BCUT2D eigenvalue weighted by molar-refractivity contribution is 5.18. The fraction of sp³-hybridized carbons (Fsp3) is 0.667. The molecule has 1 fully saturated rings. The fourth-order valence-electron chi connectivity index (χ4n) is 1.51. The highest BCUT2D eigenvalue weighted by Gasteiger charge is 2.11. The first-order valence-corrected chi connectivity index (χ1v) is 3.91. The number of allylic oxidation sites excluding steroid dienone is 2. The first-order chi connectivity index (χ1) is 4.83. The van der Waals surface area contributed by atoms with E-state index >= 15 is 0 Å². The predicted molar refractivity (Wildman–Crippen MR) is 41.3 cm³/mol. The largest absolute Gasteiger partial charge is 0.193 e. The third-order valence-corrected chi connectivity index (χ3v) is 2.06. The average Bonchev–Trinajstić information content (AvgIpc) is 2.40. The lowest BCUT2D eigenvalue weighted by Gasteiger charge is -1.99. The Kier molecular flexibility index (Phi) is 2.50. The molecule has 0 heterocycles. The van der Waals surface area contributed by atoms with Crippen molar-refractivity contribution in [2.24, 2.45) is 5.92 Å². The van der Waals surface area contributed by atoms with Crippen molar-refractivity contribution in [1.29, 1.82) is 5.26 Å². The molecule has 1 rings (SSSR count). The van der Waals surface area contributed by atoms with Crippen LogP contribution in [0.15, 0.2) is 11.6 Å². The highest BCUT2D eigenvalue weighted by atomic mass is 14.2. The Bertz CT molecular complexity index is 168. The van der Waals surface area contributed by atoms with Crippen LogP contribution in [-0.4, -0.2) is 0 Å². The van der Waals surface area contributed by atoms with Crippen molar-refractivity contribution in [3.8, 4) is 6.07 Å². The summed E-state index contributed by atoms with van der Waals surface area (Å²) in [6.07, 6.45) is 7.39. The second-order valence-electron chi connectivity index (χ2n) is 3.01. The quantitative estimate of drug-likeness (QED) is 0.507. The van der Waals surface area contributed by atoms with Gasteiger partial charge in [0.25, 0.3) is 0 Å². The molecule has 0 aromatic carbocycles. The minimum atomic E-state index is 0.708. The number of nitrogens with zero attached hydrogens (tertiary/aromatic N) is 1. The molecule has 0 unspecified atom stereocenters. The molecule has 54 valence electrons. The van der Waals surface area contributed by atoms with E-state index in [1.807, 2.05) is 6.92 Å². The van der Waals surface area contributed by atoms with Crippen LogP contribution in [0.1, 0.15) is 32.6 Å². The molecule has 0 radical (unpaired) electrons. The van der Waals surface area contributed by atoms with Gasteiger partial charge in [-0.3, -0.25) is 0 Å². The summed E-state index contributed by atoms with van der Waals surface area (Å²) in [6.45, 7) is 1.89. The van der Waals surface area contributed by atoms with E-state index in [-0.39, 0.29) is 0 Å². The molecular formula is C9H13N.